The molecule has 5 aromatic rings. The predicted octanol–water partition coefficient (Wildman–Crippen LogP) is 6.85. The first-order valence-corrected chi connectivity index (χ1v) is 11.6. The maximum atomic E-state index is 11.0. The Bertz CT molecular complexity index is 1600. The molecule has 1 N–H and O–H groups in total. The van der Waals surface area contributed by atoms with Crippen LogP contribution in [0.3, 0.4) is 0 Å². The number of benzene rings is 4. The molecule has 0 radical (unpaired) electrons. The zero-order chi connectivity index (χ0) is 24.5. The highest BCUT2D eigenvalue weighted by Gasteiger charge is 2.15. The van der Waals surface area contributed by atoms with Crippen molar-refractivity contribution in [3.05, 3.63) is 123 Å². The van der Waals surface area contributed by atoms with Crippen molar-refractivity contribution >= 4 is 33.2 Å². The Hall–Kier alpha value is -4.45. The normalized spacial score (nSPS) is 11.9. The minimum absolute atomic E-state index is 0.00584. The summed E-state index contributed by atoms with van der Waals surface area (Å²) < 4.78 is 2.29. The van der Waals surface area contributed by atoms with Crippen LogP contribution < -0.4 is 0 Å². The SMILES string of the molecule is CCn1c2ccc(Cc3ccccc3C)cc2c2cc(/C(=N/O)c3ccc([N+](=O)[O-])cc3)ccc21. The molecule has 0 aliphatic carbocycles. The molecule has 6 heteroatoms. The predicted molar refractivity (Wildman–Crippen MR) is 140 cm³/mol. The summed E-state index contributed by atoms with van der Waals surface area (Å²) in [5.74, 6) is 0. The van der Waals surface area contributed by atoms with Gasteiger partial charge in [0.25, 0.3) is 5.69 Å². The molecule has 6 nitrogen and oxygen atoms in total. The second-order valence-corrected chi connectivity index (χ2v) is 8.68. The van der Waals surface area contributed by atoms with Crippen LogP contribution in [-0.2, 0) is 13.0 Å². The lowest BCUT2D eigenvalue weighted by atomic mass is 9.98. The Kier molecular flexibility index (Phi) is 5.79. The molecule has 0 unspecified atom stereocenters. The van der Waals surface area contributed by atoms with E-state index in [1.165, 1.54) is 28.8 Å². The van der Waals surface area contributed by atoms with E-state index in [2.05, 4.69) is 66.0 Å². The Labute approximate surface area is 202 Å². The van der Waals surface area contributed by atoms with Gasteiger partial charge >= 0.3 is 0 Å². The largest absolute Gasteiger partial charge is 0.410 e. The van der Waals surface area contributed by atoms with Gasteiger partial charge < -0.3 is 9.77 Å². The van der Waals surface area contributed by atoms with Crippen molar-refractivity contribution in [1.29, 1.82) is 0 Å². The van der Waals surface area contributed by atoms with E-state index in [-0.39, 0.29) is 5.69 Å². The van der Waals surface area contributed by atoms with Crippen molar-refractivity contribution < 1.29 is 10.1 Å². The average molecular weight is 464 g/mol. The Morgan fingerprint density at radius 3 is 2.23 bits per heavy atom. The quantitative estimate of drug-likeness (QED) is 0.129. The zero-order valence-corrected chi connectivity index (χ0v) is 19.6. The van der Waals surface area contributed by atoms with Crippen molar-refractivity contribution in [1.82, 2.24) is 4.57 Å². The molecule has 35 heavy (non-hydrogen) atoms. The van der Waals surface area contributed by atoms with Gasteiger partial charge in [-0.3, -0.25) is 10.1 Å². The van der Waals surface area contributed by atoms with Gasteiger partial charge in [0.15, 0.2) is 0 Å². The molecule has 0 aliphatic heterocycles. The number of fused-ring (bicyclic) bond motifs is 3. The summed E-state index contributed by atoms with van der Waals surface area (Å²) >= 11 is 0. The maximum Gasteiger partial charge on any atom is 0.269 e. The number of hydrogen-bond acceptors (Lipinski definition) is 4. The first kappa shape index (κ1) is 22.3. The number of hydrogen-bond donors (Lipinski definition) is 1. The summed E-state index contributed by atoms with van der Waals surface area (Å²) in [5, 5.41) is 26.6. The molecule has 0 bridgehead atoms. The number of oxime groups is 1. The fourth-order valence-electron chi connectivity index (χ4n) is 4.80. The molecule has 0 spiro atoms. The molecular formula is C29H25N3O3. The number of nitrogens with zero attached hydrogens (tertiary/aromatic N) is 3. The molecule has 1 heterocycles. The highest BCUT2D eigenvalue weighted by Crippen LogP contribution is 2.32. The first-order valence-electron chi connectivity index (χ1n) is 11.6. The van der Waals surface area contributed by atoms with Crippen LogP contribution in [-0.4, -0.2) is 20.4 Å². The monoisotopic (exact) mass is 463 g/mol. The highest BCUT2D eigenvalue weighted by molar-refractivity contribution is 6.16. The lowest BCUT2D eigenvalue weighted by Crippen LogP contribution is -2.04. The van der Waals surface area contributed by atoms with Crippen LogP contribution in [0.5, 0.6) is 0 Å². The number of aromatic nitrogens is 1. The van der Waals surface area contributed by atoms with E-state index >= 15 is 0 Å². The van der Waals surface area contributed by atoms with E-state index in [4.69, 9.17) is 0 Å². The molecular weight excluding hydrogens is 438 g/mol. The fourth-order valence-corrected chi connectivity index (χ4v) is 4.80. The third kappa shape index (κ3) is 4.04. The first-order chi connectivity index (χ1) is 17.0. The van der Waals surface area contributed by atoms with Crippen LogP contribution in [0.15, 0.2) is 90.1 Å². The van der Waals surface area contributed by atoms with Gasteiger partial charge in [-0.15, -0.1) is 0 Å². The van der Waals surface area contributed by atoms with Gasteiger partial charge in [0, 0.05) is 51.6 Å². The Balaban J connectivity index is 1.62. The van der Waals surface area contributed by atoms with Gasteiger partial charge in [0.1, 0.15) is 5.71 Å². The molecule has 5 rings (SSSR count). The van der Waals surface area contributed by atoms with Gasteiger partial charge in [-0.1, -0.05) is 41.6 Å². The van der Waals surface area contributed by atoms with Crippen LogP contribution in [0.1, 0.15) is 34.7 Å². The van der Waals surface area contributed by atoms with Crippen molar-refractivity contribution in [3.8, 4) is 0 Å². The van der Waals surface area contributed by atoms with E-state index < -0.39 is 4.92 Å². The number of rotatable bonds is 6. The number of aryl methyl sites for hydroxylation is 2. The smallest absolute Gasteiger partial charge is 0.269 e. The fraction of sp³-hybridized carbons (Fsp3) is 0.138. The standard InChI is InChI=1S/C29H25N3O3/c1-3-31-27-14-8-20(16-22-7-5-4-6-19(22)2)17-25(27)26-18-23(11-15-28(26)31)29(30-33)21-9-12-24(13-10-21)32(34)35/h4-15,17-18,33H,3,16H2,1-2H3/b30-29+. The summed E-state index contributed by atoms with van der Waals surface area (Å²) in [6, 6.07) is 27.1. The molecule has 0 amide bonds. The summed E-state index contributed by atoms with van der Waals surface area (Å²) in [7, 11) is 0. The molecule has 0 saturated heterocycles. The van der Waals surface area contributed by atoms with Crippen molar-refractivity contribution in [2.24, 2.45) is 5.16 Å². The van der Waals surface area contributed by atoms with E-state index in [9.17, 15) is 15.3 Å². The van der Waals surface area contributed by atoms with Crippen molar-refractivity contribution in [2.75, 3.05) is 0 Å². The van der Waals surface area contributed by atoms with Crippen molar-refractivity contribution in [2.45, 2.75) is 26.8 Å². The van der Waals surface area contributed by atoms with Crippen LogP contribution in [0.4, 0.5) is 5.69 Å². The summed E-state index contributed by atoms with van der Waals surface area (Å²) in [6.07, 6.45) is 0.854. The zero-order valence-electron chi connectivity index (χ0n) is 19.6. The van der Waals surface area contributed by atoms with Crippen LogP contribution in [0, 0.1) is 17.0 Å². The maximum absolute atomic E-state index is 11.0. The van der Waals surface area contributed by atoms with Crippen LogP contribution in [0.25, 0.3) is 21.8 Å². The Morgan fingerprint density at radius 2 is 1.57 bits per heavy atom. The number of nitro groups is 1. The van der Waals surface area contributed by atoms with E-state index in [0.29, 0.717) is 11.3 Å². The Morgan fingerprint density at radius 1 is 0.914 bits per heavy atom. The summed E-state index contributed by atoms with van der Waals surface area (Å²) in [4.78, 5) is 10.6. The van der Waals surface area contributed by atoms with Gasteiger partial charge in [0.05, 0.1) is 4.92 Å². The molecule has 0 fully saturated rings. The minimum Gasteiger partial charge on any atom is -0.410 e. The third-order valence-corrected chi connectivity index (χ3v) is 6.63. The van der Waals surface area contributed by atoms with Gasteiger partial charge in [-0.2, -0.15) is 0 Å². The van der Waals surface area contributed by atoms with Crippen molar-refractivity contribution in [3.63, 3.8) is 0 Å². The van der Waals surface area contributed by atoms with Gasteiger partial charge in [0.2, 0.25) is 0 Å². The second kappa shape index (κ2) is 9.06. The van der Waals surface area contributed by atoms with E-state index in [0.717, 1.165) is 40.3 Å². The lowest BCUT2D eigenvalue weighted by molar-refractivity contribution is -0.384. The van der Waals surface area contributed by atoms with Crippen LogP contribution in [0.2, 0.25) is 0 Å². The van der Waals surface area contributed by atoms with E-state index in [1.54, 1.807) is 12.1 Å². The number of non-ortho nitro benzene ring substituents is 1. The number of nitro benzene ring substituents is 1. The second-order valence-electron chi connectivity index (χ2n) is 8.68. The highest BCUT2D eigenvalue weighted by atomic mass is 16.6. The summed E-state index contributed by atoms with van der Waals surface area (Å²) in [5.41, 5.74) is 7.80. The lowest BCUT2D eigenvalue weighted by Gasteiger charge is -2.07. The third-order valence-electron chi connectivity index (χ3n) is 6.63. The molecule has 0 saturated carbocycles. The van der Waals surface area contributed by atoms with Crippen LogP contribution >= 0.6 is 0 Å². The minimum atomic E-state index is -0.445. The van der Waals surface area contributed by atoms with Gasteiger partial charge in [-0.05, 0) is 73.4 Å². The van der Waals surface area contributed by atoms with E-state index in [1.807, 2.05) is 18.2 Å². The molecule has 0 aliphatic rings. The molecule has 4 aromatic carbocycles. The summed E-state index contributed by atoms with van der Waals surface area (Å²) in [6.45, 7) is 5.10. The molecule has 174 valence electrons. The average Bonchev–Trinajstić information content (AvgIpc) is 3.18. The van der Waals surface area contributed by atoms with Gasteiger partial charge in [-0.25, -0.2) is 0 Å². The molecule has 1 aromatic heterocycles. The molecule has 0 atom stereocenters. The topological polar surface area (TPSA) is 80.7 Å².